The largest absolute Gasteiger partial charge is 0.339 e. The van der Waals surface area contributed by atoms with Gasteiger partial charge in [0.1, 0.15) is 0 Å². The smallest absolute Gasteiger partial charge is 0.259 e. The summed E-state index contributed by atoms with van der Waals surface area (Å²) in [6.45, 7) is 6.93. The van der Waals surface area contributed by atoms with Crippen molar-refractivity contribution in [3.8, 4) is 0 Å². The fraction of sp³-hybridized carbons (Fsp3) is 0.682. The Kier molecular flexibility index (Phi) is 4.62. The van der Waals surface area contributed by atoms with Crippen molar-refractivity contribution in [3.05, 3.63) is 23.0 Å². The highest BCUT2D eigenvalue weighted by molar-refractivity contribution is 6.06. The van der Waals surface area contributed by atoms with E-state index in [1.165, 1.54) is 12.8 Å². The van der Waals surface area contributed by atoms with Crippen LogP contribution in [0.3, 0.4) is 0 Å². The molecule has 1 N–H and O–H groups in total. The predicted octanol–water partition coefficient (Wildman–Crippen LogP) is 3.83. The number of fused-ring (bicyclic) bond motifs is 1. The van der Waals surface area contributed by atoms with Gasteiger partial charge in [0, 0.05) is 30.7 Å². The van der Waals surface area contributed by atoms with E-state index in [0.717, 1.165) is 73.6 Å². The van der Waals surface area contributed by atoms with E-state index in [0.29, 0.717) is 17.7 Å². The first-order valence-electron chi connectivity index (χ1n) is 10.9. The van der Waals surface area contributed by atoms with E-state index in [1.807, 2.05) is 11.0 Å². The van der Waals surface area contributed by atoms with E-state index < -0.39 is 0 Å². The molecular formula is C22H30N4O2. The van der Waals surface area contributed by atoms with E-state index in [-0.39, 0.29) is 11.8 Å². The van der Waals surface area contributed by atoms with Crippen LogP contribution in [0, 0.1) is 5.92 Å². The number of hydrogen-bond donors (Lipinski definition) is 1. The van der Waals surface area contributed by atoms with Gasteiger partial charge in [-0.15, -0.1) is 0 Å². The molecule has 1 aliphatic heterocycles. The number of nitrogens with one attached hydrogen (secondary N) is 1. The summed E-state index contributed by atoms with van der Waals surface area (Å²) in [5.41, 5.74) is 3.09. The monoisotopic (exact) mass is 382 g/mol. The zero-order valence-electron chi connectivity index (χ0n) is 16.9. The second-order valence-electron chi connectivity index (χ2n) is 9.19. The lowest BCUT2D eigenvalue weighted by molar-refractivity contribution is 0.0706. The molecule has 0 radical (unpaired) electrons. The second-order valence-corrected chi connectivity index (χ2v) is 9.19. The summed E-state index contributed by atoms with van der Waals surface area (Å²) in [4.78, 5) is 20.2. The molecule has 2 aromatic heterocycles. The predicted molar refractivity (Wildman–Crippen MR) is 108 cm³/mol. The third kappa shape index (κ3) is 3.54. The molecule has 0 spiro atoms. The fourth-order valence-corrected chi connectivity index (χ4v) is 4.26. The molecule has 0 bridgehead atoms. The summed E-state index contributed by atoms with van der Waals surface area (Å²) in [5.74, 6) is 1.67. The van der Waals surface area contributed by atoms with Crippen molar-refractivity contribution in [3.63, 3.8) is 0 Å². The number of amides is 1. The van der Waals surface area contributed by atoms with Crippen LogP contribution in [0.25, 0.3) is 11.1 Å². The summed E-state index contributed by atoms with van der Waals surface area (Å²) >= 11 is 0. The third-order valence-corrected chi connectivity index (χ3v) is 6.44. The van der Waals surface area contributed by atoms with Crippen molar-refractivity contribution >= 4 is 17.0 Å². The van der Waals surface area contributed by atoms with Crippen LogP contribution in [0.1, 0.15) is 86.0 Å². The number of rotatable bonds is 6. The molecule has 3 aliphatic rings. The number of aromatic nitrogens is 2. The molecule has 3 fully saturated rings. The van der Waals surface area contributed by atoms with Crippen LogP contribution in [-0.2, 0) is 0 Å². The maximum Gasteiger partial charge on any atom is 0.259 e. The lowest BCUT2D eigenvalue weighted by atomic mass is 9.99. The number of carbonyl (C=O) groups excluding carboxylic acids is 1. The number of carbonyl (C=O) groups is 1. The molecule has 6 nitrogen and oxygen atoms in total. The fourth-order valence-electron chi connectivity index (χ4n) is 4.26. The van der Waals surface area contributed by atoms with Crippen molar-refractivity contribution in [1.82, 2.24) is 20.4 Å². The molecule has 2 saturated carbocycles. The van der Waals surface area contributed by atoms with Crippen LogP contribution in [0.15, 0.2) is 10.6 Å². The van der Waals surface area contributed by atoms with E-state index >= 15 is 0 Å². The number of piperidine rings is 1. The lowest BCUT2D eigenvalue weighted by Crippen LogP contribution is -2.45. The average Bonchev–Trinajstić information content (AvgIpc) is 3.62. The van der Waals surface area contributed by atoms with E-state index in [1.54, 1.807) is 0 Å². The van der Waals surface area contributed by atoms with Crippen molar-refractivity contribution < 1.29 is 9.32 Å². The summed E-state index contributed by atoms with van der Waals surface area (Å²) in [7, 11) is 0. The normalized spacial score (nSPS) is 21.0. The molecule has 1 amide bonds. The van der Waals surface area contributed by atoms with Gasteiger partial charge >= 0.3 is 0 Å². The van der Waals surface area contributed by atoms with Gasteiger partial charge in [0.05, 0.1) is 16.6 Å². The summed E-state index contributed by atoms with van der Waals surface area (Å²) in [5, 5.41) is 8.75. The van der Waals surface area contributed by atoms with Gasteiger partial charge in [0.15, 0.2) is 0 Å². The molecule has 2 aromatic rings. The number of likely N-dealkylation sites (tertiary alicyclic amines) is 1. The van der Waals surface area contributed by atoms with Crippen molar-refractivity contribution in [1.29, 1.82) is 0 Å². The summed E-state index contributed by atoms with van der Waals surface area (Å²) in [6, 6.07) is 2.56. The first kappa shape index (κ1) is 18.1. The van der Waals surface area contributed by atoms with Crippen molar-refractivity contribution in [2.45, 2.75) is 70.3 Å². The Bertz CT molecular complexity index is 874. The quantitative estimate of drug-likeness (QED) is 0.822. The molecule has 5 rings (SSSR count). The van der Waals surface area contributed by atoms with Gasteiger partial charge in [0.25, 0.3) is 11.6 Å². The summed E-state index contributed by atoms with van der Waals surface area (Å²) in [6.07, 6.45) is 7.11. The van der Waals surface area contributed by atoms with Gasteiger partial charge in [-0.2, -0.15) is 0 Å². The Morgan fingerprint density at radius 3 is 2.61 bits per heavy atom. The van der Waals surface area contributed by atoms with Gasteiger partial charge in [-0.25, -0.2) is 4.98 Å². The molecule has 0 unspecified atom stereocenters. The third-order valence-electron chi connectivity index (χ3n) is 6.44. The molecule has 150 valence electrons. The molecule has 0 aromatic carbocycles. The molecule has 0 atom stereocenters. The highest BCUT2D eigenvalue weighted by Gasteiger charge is 2.32. The van der Waals surface area contributed by atoms with Crippen LogP contribution in [0.4, 0.5) is 0 Å². The summed E-state index contributed by atoms with van der Waals surface area (Å²) < 4.78 is 5.54. The molecule has 3 heterocycles. The lowest BCUT2D eigenvalue weighted by Gasteiger charge is -2.32. The number of hydrogen-bond acceptors (Lipinski definition) is 5. The minimum atomic E-state index is 0.111. The minimum Gasteiger partial charge on any atom is -0.339 e. The topological polar surface area (TPSA) is 71.3 Å². The van der Waals surface area contributed by atoms with Gasteiger partial charge in [-0.1, -0.05) is 19.0 Å². The molecule has 6 heteroatoms. The maximum atomic E-state index is 13.5. The Hall–Kier alpha value is -1.95. The van der Waals surface area contributed by atoms with Crippen LogP contribution < -0.4 is 5.32 Å². The molecule has 28 heavy (non-hydrogen) atoms. The van der Waals surface area contributed by atoms with Crippen LogP contribution >= 0.6 is 0 Å². The second kappa shape index (κ2) is 7.14. The van der Waals surface area contributed by atoms with Crippen molar-refractivity contribution in [2.24, 2.45) is 5.92 Å². The number of nitrogens with zero attached hydrogens (tertiary/aromatic N) is 3. The highest BCUT2D eigenvalue weighted by atomic mass is 16.5. The standard InChI is InChI=1S/C22H30N4O2/c1-13(2)20-19-17(11-18(15-5-6-15)24-21(19)28-25-20)22(27)26-9-7-16(8-10-26)23-12-14-3-4-14/h11,13-16,23H,3-10,12H2,1-2H3. The molecule has 1 saturated heterocycles. The van der Waals surface area contributed by atoms with Gasteiger partial charge < -0.3 is 14.7 Å². The average molecular weight is 383 g/mol. The van der Waals surface area contributed by atoms with Crippen LogP contribution in [0.5, 0.6) is 0 Å². The SMILES string of the molecule is CC(C)c1noc2nc(C3CC3)cc(C(=O)N3CCC(NCC4CC4)CC3)c12. The minimum absolute atomic E-state index is 0.111. The Balaban J connectivity index is 1.38. The van der Waals surface area contributed by atoms with E-state index in [9.17, 15) is 4.79 Å². The first-order valence-corrected chi connectivity index (χ1v) is 10.9. The van der Waals surface area contributed by atoms with Gasteiger partial charge in [0.2, 0.25) is 0 Å². The van der Waals surface area contributed by atoms with E-state index in [2.05, 4.69) is 29.3 Å². The van der Waals surface area contributed by atoms with Gasteiger partial charge in [-0.05, 0) is 63.0 Å². The van der Waals surface area contributed by atoms with Gasteiger partial charge in [-0.3, -0.25) is 4.79 Å². The maximum absolute atomic E-state index is 13.5. The first-order chi connectivity index (χ1) is 13.6. The molecular weight excluding hydrogens is 352 g/mol. The zero-order chi connectivity index (χ0) is 19.3. The number of pyridine rings is 1. The Labute approximate surface area is 166 Å². The Morgan fingerprint density at radius 2 is 1.96 bits per heavy atom. The van der Waals surface area contributed by atoms with E-state index in [4.69, 9.17) is 4.52 Å². The highest BCUT2D eigenvalue weighted by Crippen LogP contribution is 2.41. The molecule has 2 aliphatic carbocycles. The van der Waals surface area contributed by atoms with Crippen LogP contribution in [-0.4, -0.2) is 46.6 Å². The van der Waals surface area contributed by atoms with Crippen molar-refractivity contribution in [2.75, 3.05) is 19.6 Å². The Morgan fingerprint density at radius 1 is 1.21 bits per heavy atom. The van der Waals surface area contributed by atoms with Crippen LogP contribution in [0.2, 0.25) is 0 Å². The zero-order valence-corrected chi connectivity index (χ0v) is 16.9.